The van der Waals surface area contributed by atoms with Crippen LogP contribution in [0.25, 0.3) is 0 Å². The number of rotatable bonds is 3. The molecule has 2 amide bonds. The van der Waals surface area contributed by atoms with Crippen LogP contribution < -0.4 is 10.2 Å². The molecule has 6 heteroatoms. The predicted molar refractivity (Wildman–Crippen MR) is 96.5 cm³/mol. The summed E-state index contributed by atoms with van der Waals surface area (Å²) >= 11 is 0. The molecule has 2 aliphatic heterocycles. The minimum Gasteiger partial charge on any atom is -0.368 e. The van der Waals surface area contributed by atoms with E-state index in [2.05, 4.69) is 39.3 Å². The summed E-state index contributed by atoms with van der Waals surface area (Å²) in [5.74, 6) is 0.600. The lowest BCUT2D eigenvalue weighted by Gasteiger charge is -2.36. The number of carbonyl (C=O) groups excluding carboxylic acids is 1. The molecule has 24 heavy (non-hydrogen) atoms. The van der Waals surface area contributed by atoms with Gasteiger partial charge in [0.2, 0.25) is 0 Å². The molecule has 3 heterocycles. The van der Waals surface area contributed by atoms with Crippen LogP contribution in [-0.2, 0) is 0 Å². The maximum absolute atomic E-state index is 12.4. The summed E-state index contributed by atoms with van der Waals surface area (Å²) in [7, 11) is 2.14. The first-order chi connectivity index (χ1) is 11.5. The number of carbonyl (C=O) groups is 1. The van der Waals surface area contributed by atoms with Gasteiger partial charge in [0.25, 0.3) is 0 Å². The zero-order valence-electron chi connectivity index (χ0n) is 15.1. The van der Waals surface area contributed by atoms with Gasteiger partial charge in [-0.2, -0.15) is 0 Å². The van der Waals surface area contributed by atoms with Crippen LogP contribution in [0, 0.1) is 19.8 Å². The molecule has 0 bridgehead atoms. The smallest absolute Gasteiger partial charge is 0.317 e. The maximum Gasteiger partial charge on any atom is 0.317 e. The van der Waals surface area contributed by atoms with Crippen LogP contribution >= 0.6 is 0 Å². The van der Waals surface area contributed by atoms with E-state index in [1.807, 2.05) is 18.7 Å². The number of hydrogen-bond acceptors (Lipinski definition) is 4. The van der Waals surface area contributed by atoms with Crippen LogP contribution in [0.3, 0.4) is 0 Å². The Kier molecular flexibility index (Phi) is 5.23. The number of urea groups is 1. The van der Waals surface area contributed by atoms with Crippen LogP contribution in [0.5, 0.6) is 0 Å². The second-order valence-electron chi connectivity index (χ2n) is 7.19. The molecule has 2 fully saturated rings. The topological polar surface area (TPSA) is 51.7 Å². The summed E-state index contributed by atoms with van der Waals surface area (Å²) in [4.78, 5) is 23.4. The molecule has 0 radical (unpaired) electrons. The number of nitrogens with zero attached hydrogens (tertiary/aromatic N) is 4. The van der Waals surface area contributed by atoms with E-state index in [1.165, 1.54) is 12.1 Å². The highest BCUT2D eigenvalue weighted by molar-refractivity contribution is 5.74. The van der Waals surface area contributed by atoms with E-state index in [0.29, 0.717) is 5.92 Å². The van der Waals surface area contributed by atoms with Crippen molar-refractivity contribution in [2.75, 3.05) is 57.8 Å². The van der Waals surface area contributed by atoms with Gasteiger partial charge in [0.05, 0.1) is 0 Å². The molecule has 132 valence electrons. The van der Waals surface area contributed by atoms with E-state index < -0.39 is 0 Å². The highest BCUT2D eigenvalue weighted by Gasteiger charge is 2.24. The normalized spacial score (nSPS) is 22.0. The van der Waals surface area contributed by atoms with Crippen molar-refractivity contribution in [2.24, 2.45) is 5.92 Å². The van der Waals surface area contributed by atoms with E-state index in [9.17, 15) is 4.79 Å². The highest BCUT2D eigenvalue weighted by atomic mass is 16.2. The number of amides is 2. The summed E-state index contributed by atoms with van der Waals surface area (Å²) in [5.41, 5.74) is 3.31. The molecule has 2 aliphatic rings. The van der Waals surface area contributed by atoms with Crippen LogP contribution in [0.15, 0.2) is 12.1 Å². The van der Waals surface area contributed by atoms with Crippen molar-refractivity contribution in [1.29, 1.82) is 0 Å². The maximum atomic E-state index is 12.4. The van der Waals surface area contributed by atoms with Crippen molar-refractivity contribution in [3.8, 4) is 0 Å². The average Bonchev–Trinajstić information content (AvgIpc) is 2.97. The van der Waals surface area contributed by atoms with E-state index in [0.717, 1.165) is 57.2 Å². The Labute approximate surface area is 144 Å². The molecule has 0 spiro atoms. The van der Waals surface area contributed by atoms with Gasteiger partial charge in [-0.3, -0.25) is 4.98 Å². The standard InChI is InChI=1S/C18H29N5O/c1-14-10-17(11-15(2)20-14)22-6-8-23(9-7-22)18(24)19-12-16-4-5-21(3)13-16/h10-11,16H,4-9,12-13H2,1-3H3,(H,19,24)/t16-/m0/s1. The van der Waals surface area contributed by atoms with E-state index in [-0.39, 0.29) is 6.03 Å². The van der Waals surface area contributed by atoms with Gasteiger partial charge in [-0.1, -0.05) is 0 Å². The zero-order chi connectivity index (χ0) is 17.1. The summed E-state index contributed by atoms with van der Waals surface area (Å²) in [5, 5.41) is 3.12. The fraction of sp³-hybridized carbons (Fsp3) is 0.667. The van der Waals surface area contributed by atoms with Crippen LogP contribution in [0.4, 0.5) is 10.5 Å². The summed E-state index contributed by atoms with van der Waals surface area (Å²) in [6.07, 6.45) is 1.19. The van der Waals surface area contributed by atoms with Gasteiger partial charge in [0, 0.05) is 56.3 Å². The van der Waals surface area contributed by atoms with Crippen LogP contribution in [-0.4, -0.2) is 73.7 Å². The van der Waals surface area contributed by atoms with Gasteiger partial charge in [0.1, 0.15) is 0 Å². The van der Waals surface area contributed by atoms with Crippen molar-refractivity contribution in [2.45, 2.75) is 20.3 Å². The number of pyridine rings is 1. The molecule has 1 aromatic rings. The molecule has 1 atom stereocenters. The minimum absolute atomic E-state index is 0.0892. The molecule has 6 nitrogen and oxygen atoms in total. The average molecular weight is 331 g/mol. The molecule has 0 aliphatic carbocycles. The SMILES string of the molecule is Cc1cc(N2CCN(C(=O)NC[C@@H]3CCN(C)C3)CC2)cc(C)n1. The summed E-state index contributed by atoms with van der Waals surface area (Å²) in [6.45, 7) is 10.4. The first-order valence-corrected chi connectivity index (χ1v) is 8.93. The van der Waals surface area contributed by atoms with Crippen molar-refractivity contribution < 1.29 is 4.79 Å². The Bertz CT molecular complexity index is 563. The third-order valence-corrected chi connectivity index (χ3v) is 5.03. The molecule has 0 unspecified atom stereocenters. The van der Waals surface area contributed by atoms with Gasteiger partial charge in [0.15, 0.2) is 0 Å². The van der Waals surface area contributed by atoms with E-state index >= 15 is 0 Å². The molecular weight excluding hydrogens is 302 g/mol. The predicted octanol–water partition coefficient (Wildman–Crippen LogP) is 1.48. The van der Waals surface area contributed by atoms with Crippen molar-refractivity contribution in [1.82, 2.24) is 20.1 Å². The highest BCUT2D eigenvalue weighted by Crippen LogP contribution is 2.18. The summed E-state index contributed by atoms with van der Waals surface area (Å²) in [6, 6.07) is 4.34. The number of piperazine rings is 1. The Morgan fingerprint density at radius 2 is 1.83 bits per heavy atom. The largest absolute Gasteiger partial charge is 0.368 e. The second-order valence-corrected chi connectivity index (χ2v) is 7.19. The van der Waals surface area contributed by atoms with Crippen molar-refractivity contribution in [3.05, 3.63) is 23.5 Å². The van der Waals surface area contributed by atoms with E-state index in [1.54, 1.807) is 0 Å². The summed E-state index contributed by atoms with van der Waals surface area (Å²) < 4.78 is 0. The molecule has 3 rings (SSSR count). The fourth-order valence-electron chi connectivity index (χ4n) is 3.70. The molecule has 0 saturated carbocycles. The minimum atomic E-state index is 0.0892. The molecule has 1 aromatic heterocycles. The lowest BCUT2D eigenvalue weighted by molar-refractivity contribution is 0.192. The Morgan fingerprint density at radius 1 is 1.17 bits per heavy atom. The van der Waals surface area contributed by atoms with Crippen molar-refractivity contribution >= 4 is 11.7 Å². The number of likely N-dealkylation sites (tertiary alicyclic amines) is 1. The number of aromatic nitrogens is 1. The van der Waals surface area contributed by atoms with Gasteiger partial charge in [-0.15, -0.1) is 0 Å². The Morgan fingerprint density at radius 3 is 2.42 bits per heavy atom. The molecule has 2 saturated heterocycles. The second kappa shape index (κ2) is 7.38. The number of hydrogen-bond donors (Lipinski definition) is 1. The fourth-order valence-corrected chi connectivity index (χ4v) is 3.70. The Balaban J connectivity index is 1.46. The quantitative estimate of drug-likeness (QED) is 0.912. The van der Waals surface area contributed by atoms with Gasteiger partial charge >= 0.3 is 6.03 Å². The monoisotopic (exact) mass is 331 g/mol. The lowest BCUT2D eigenvalue weighted by Crippen LogP contribution is -2.52. The zero-order valence-corrected chi connectivity index (χ0v) is 15.1. The third kappa shape index (κ3) is 4.17. The Hall–Kier alpha value is -1.82. The first kappa shape index (κ1) is 17.0. The van der Waals surface area contributed by atoms with Crippen molar-refractivity contribution in [3.63, 3.8) is 0 Å². The molecule has 0 aromatic carbocycles. The lowest BCUT2D eigenvalue weighted by atomic mass is 10.1. The van der Waals surface area contributed by atoms with Crippen LogP contribution in [0.1, 0.15) is 17.8 Å². The van der Waals surface area contributed by atoms with Gasteiger partial charge < -0.3 is 20.0 Å². The third-order valence-electron chi connectivity index (χ3n) is 5.03. The van der Waals surface area contributed by atoms with Crippen LogP contribution in [0.2, 0.25) is 0 Å². The molecular formula is C18H29N5O. The first-order valence-electron chi connectivity index (χ1n) is 8.93. The molecule has 1 N–H and O–H groups in total. The number of aryl methyl sites for hydroxylation is 2. The van der Waals surface area contributed by atoms with Gasteiger partial charge in [-0.05, 0) is 51.9 Å². The van der Waals surface area contributed by atoms with E-state index in [4.69, 9.17) is 0 Å². The van der Waals surface area contributed by atoms with Gasteiger partial charge in [-0.25, -0.2) is 4.79 Å². The number of anilines is 1. The number of nitrogens with one attached hydrogen (secondary N) is 1.